The summed E-state index contributed by atoms with van der Waals surface area (Å²) in [6.07, 6.45) is 1.84. The second-order valence-electron chi connectivity index (χ2n) is 4.85. The van der Waals surface area contributed by atoms with Crippen molar-refractivity contribution in [2.45, 2.75) is 33.1 Å². The van der Waals surface area contributed by atoms with Gasteiger partial charge in [0.05, 0.1) is 6.61 Å². The molecule has 0 spiro atoms. The van der Waals surface area contributed by atoms with Crippen molar-refractivity contribution in [3.8, 4) is 5.75 Å². The molecule has 1 rings (SSSR count). The molecule has 0 bridgehead atoms. The van der Waals surface area contributed by atoms with Crippen LogP contribution in [-0.4, -0.2) is 36.9 Å². The maximum absolute atomic E-state index is 11.8. The molecule has 0 heterocycles. The highest BCUT2D eigenvalue weighted by atomic mass is 16.5. The van der Waals surface area contributed by atoms with Gasteiger partial charge in [-0.25, -0.2) is 0 Å². The lowest BCUT2D eigenvalue weighted by atomic mass is 10.2. The molecule has 0 radical (unpaired) electrons. The number of hydrogen-bond donors (Lipinski definition) is 1. The van der Waals surface area contributed by atoms with E-state index in [1.807, 2.05) is 6.92 Å². The van der Waals surface area contributed by atoms with Crippen molar-refractivity contribution < 1.29 is 14.3 Å². The molecule has 2 amide bonds. The first-order valence-electron chi connectivity index (χ1n) is 7.33. The van der Waals surface area contributed by atoms with E-state index in [1.54, 1.807) is 36.2 Å². The molecule has 0 unspecified atom stereocenters. The Morgan fingerprint density at radius 2 is 1.86 bits per heavy atom. The highest BCUT2D eigenvalue weighted by Gasteiger charge is 2.13. The van der Waals surface area contributed by atoms with Gasteiger partial charge in [0, 0.05) is 19.3 Å². The number of nitrogens with one attached hydrogen (secondary N) is 1. The Balaban J connectivity index is 2.44. The van der Waals surface area contributed by atoms with Crippen LogP contribution in [0, 0.1) is 0 Å². The number of carbonyl (C=O) groups excluding carboxylic acids is 2. The molecule has 0 fully saturated rings. The molecule has 116 valence electrons. The Morgan fingerprint density at radius 1 is 1.19 bits per heavy atom. The third-order valence-electron chi connectivity index (χ3n) is 3.03. The van der Waals surface area contributed by atoms with Crippen molar-refractivity contribution in [2.75, 3.05) is 25.5 Å². The zero-order valence-corrected chi connectivity index (χ0v) is 13.0. The van der Waals surface area contributed by atoms with Crippen LogP contribution < -0.4 is 10.1 Å². The maximum Gasteiger partial charge on any atom is 0.233 e. The molecule has 21 heavy (non-hydrogen) atoms. The average Bonchev–Trinajstić information content (AvgIpc) is 2.46. The summed E-state index contributed by atoms with van der Waals surface area (Å²) in [6, 6.07) is 7.09. The summed E-state index contributed by atoms with van der Waals surface area (Å²) in [5.74, 6) is 0.297. The zero-order valence-electron chi connectivity index (χ0n) is 13.0. The van der Waals surface area contributed by atoms with Crippen molar-refractivity contribution in [2.24, 2.45) is 0 Å². The summed E-state index contributed by atoms with van der Waals surface area (Å²) in [7, 11) is 1.72. The maximum atomic E-state index is 11.8. The molecular formula is C16H24N2O3. The molecule has 0 saturated carbocycles. The normalized spacial score (nSPS) is 10.0. The highest BCUT2D eigenvalue weighted by molar-refractivity contribution is 6.03. The number of unbranched alkanes of at least 4 members (excludes halogenated alkanes) is 1. The summed E-state index contributed by atoms with van der Waals surface area (Å²) < 4.78 is 5.33. The number of ether oxygens (including phenoxy) is 1. The average molecular weight is 292 g/mol. The van der Waals surface area contributed by atoms with Crippen LogP contribution in [0.5, 0.6) is 5.75 Å². The van der Waals surface area contributed by atoms with Gasteiger partial charge in [0.25, 0.3) is 0 Å². The van der Waals surface area contributed by atoms with Crippen LogP contribution in [0.1, 0.15) is 33.1 Å². The standard InChI is InChI=1S/C16H24N2O3/c1-4-6-11-18(3)16(20)12-15(19)17-13-7-9-14(10-8-13)21-5-2/h7-10H,4-6,11-12H2,1-3H3,(H,17,19). The second-order valence-corrected chi connectivity index (χ2v) is 4.85. The van der Waals surface area contributed by atoms with Crippen molar-refractivity contribution in [1.29, 1.82) is 0 Å². The van der Waals surface area contributed by atoms with Gasteiger partial charge in [-0.2, -0.15) is 0 Å². The number of anilines is 1. The van der Waals surface area contributed by atoms with Gasteiger partial charge in [-0.1, -0.05) is 13.3 Å². The topological polar surface area (TPSA) is 58.6 Å². The Morgan fingerprint density at radius 3 is 2.43 bits per heavy atom. The zero-order chi connectivity index (χ0) is 15.7. The van der Waals surface area contributed by atoms with Crippen LogP contribution in [0.25, 0.3) is 0 Å². The van der Waals surface area contributed by atoms with E-state index >= 15 is 0 Å². The monoisotopic (exact) mass is 292 g/mol. The van der Waals surface area contributed by atoms with E-state index in [4.69, 9.17) is 4.74 Å². The predicted molar refractivity (Wildman–Crippen MR) is 83.4 cm³/mol. The number of hydrogen-bond acceptors (Lipinski definition) is 3. The van der Waals surface area contributed by atoms with E-state index in [1.165, 1.54) is 0 Å². The predicted octanol–water partition coefficient (Wildman–Crippen LogP) is 2.67. The first-order chi connectivity index (χ1) is 10.1. The Bertz CT molecular complexity index is 457. The Kier molecular flexibility index (Phi) is 7.29. The third-order valence-corrected chi connectivity index (χ3v) is 3.03. The fraction of sp³-hybridized carbons (Fsp3) is 0.500. The van der Waals surface area contributed by atoms with Crippen LogP contribution in [0.2, 0.25) is 0 Å². The molecule has 1 aromatic rings. The van der Waals surface area contributed by atoms with Gasteiger partial charge in [0.1, 0.15) is 12.2 Å². The van der Waals surface area contributed by atoms with Gasteiger partial charge in [-0.3, -0.25) is 9.59 Å². The molecule has 1 N–H and O–H groups in total. The van der Waals surface area contributed by atoms with E-state index in [2.05, 4.69) is 12.2 Å². The largest absolute Gasteiger partial charge is 0.494 e. The van der Waals surface area contributed by atoms with Crippen molar-refractivity contribution in [1.82, 2.24) is 4.90 Å². The van der Waals surface area contributed by atoms with Crippen molar-refractivity contribution in [3.05, 3.63) is 24.3 Å². The van der Waals surface area contributed by atoms with E-state index in [9.17, 15) is 9.59 Å². The summed E-state index contributed by atoms with van der Waals surface area (Å²) in [4.78, 5) is 25.3. The van der Waals surface area contributed by atoms with E-state index in [-0.39, 0.29) is 18.2 Å². The van der Waals surface area contributed by atoms with Crippen molar-refractivity contribution >= 4 is 17.5 Å². The van der Waals surface area contributed by atoms with E-state index in [0.717, 1.165) is 18.6 Å². The number of nitrogens with zero attached hydrogens (tertiary/aromatic N) is 1. The lowest BCUT2D eigenvalue weighted by Gasteiger charge is -2.16. The first-order valence-corrected chi connectivity index (χ1v) is 7.33. The summed E-state index contributed by atoms with van der Waals surface area (Å²) in [6.45, 7) is 5.27. The number of rotatable bonds is 8. The first kappa shape index (κ1) is 17.0. The van der Waals surface area contributed by atoms with Gasteiger partial charge < -0.3 is 15.0 Å². The van der Waals surface area contributed by atoms with Crippen LogP contribution >= 0.6 is 0 Å². The van der Waals surface area contributed by atoms with Gasteiger partial charge in [0.2, 0.25) is 11.8 Å². The Labute approximate surface area is 126 Å². The number of benzene rings is 1. The molecule has 1 aromatic carbocycles. The number of amides is 2. The molecule has 0 aromatic heterocycles. The fourth-order valence-corrected chi connectivity index (χ4v) is 1.80. The lowest BCUT2D eigenvalue weighted by molar-refractivity contribution is -0.133. The van der Waals surface area contributed by atoms with Gasteiger partial charge in [0.15, 0.2) is 0 Å². The minimum absolute atomic E-state index is 0.132. The van der Waals surface area contributed by atoms with Gasteiger partial charge in [-0.15, -0.1) is 0 Å². The van der Waals surface area contributed by atoms with E-state index in [0.29, 0.717) is 18.8 Å². The van der Waals surface area contributed by atoms with Gasteiger partial charge in [-0.05, 0) is 37.6 Å². The smallest absolute Gasteiger partial charge is 0.233 e. The summed E-state index contributed by atoms with van der Waals surface area (Å²) >= 11 is 0. The Hall–Kier alpha value is -2.04. The van der Waals surface area contributed by atoms with Gasteiger partial charge >= 0.3 is 0 Å². The molecule has 5 nitrogen and oxygen atoms in total. The fourth-order valence-electron chi connectivity index (χ4n) is 1.80. The molecule has 0 aliphatic rings. The third kappa shape index (κ3) is 6.29. The quantitative estimate of drug-likeness (QED) is 0.749. The molecular weight excluding hydrogens is 268 g/mol. The minimum Gasteiger partial charge on any atom is -0.494 e. The molecule has 5 heteroatoms. The second kappa shape index (κ2) is 9.00. The summed E-state index contributed by atoms with van der Waals surface area (Å²) in [5.41, 5.74) is 0.660. The van der Waals surface area contributed by atoms with E-state index < -0.39 is 0 Å². The highest BCUT2D eigenvalue weighted by Crippen LogP contribution is 2.15. The SMILES string of the molecule is CCCCN(C)C(=O)CC(=O)Nc1ccc(OCC)cc1. The lowest BCUT2D eigenvalue weighted by Crippen LogP contribution is -2.31. The van der Waals surface area contributed by atoms with Crippen LogP contribution in [0.4, 0.5) is 5.69 Å². The molecule has 0 saturated heterocycles. The van der Waals surface area contributed by atoms with Crippen LogP contribution in [0.3, 0.4) is 0 Å². The molecule has 0 aliphatic heterocycles. The number of carbonyl (C=O) groups is 2. The molecule has 0 aliphatic carbocycles. The van der Waals surface area contributed by atoms with Crippen LogP contribution in [0.15, 0.2) is 24.3 Å². The summed E-state index contributed by atoms with van der Waals surface area (Å²) in [5, 5.41) is 2.71. The van der Waals surface area contributed by atoms with Crippen molar-refractivity contribution in [3.63, 3.8) is 0 Å². The molecule has 0 atom stereocenters. The van der Waals surface area contributed by atoms with Crippen LogP contribution in [-0.2, 0) is 9.59 Å². The minimum atomic E-state index is -0.299.